The van der Waals surface area contributed by atoms with Crippen molar-refractivity contribution in [3.8, 4) is 6.07 Å². The van der Waals surface area contributed by atoms with Gasteiger partial charge < -0.3 is 5.11 Å². The van der Waals surface area contributed by atoms with Crippen LogP contribution in [-0.2, 0) is 4.79 Å². The van der Waals surface area contributed by atoms with Crippen LogP contribution in [-0.4, -0.2) is 11.1 Å². The molecule has 1 rings (SSSR count). The third kappa shape index (κ3) is 1.12. The van der Waals surface area contributed by atoms with E-state index < -0.39 is 11.4 Å². The van der Waals surface area contributed by atoms with E-state index in [0.29, 0.717) is 12.8 Å². The molecule has 0 aromatic heterocycles. The van der Waals surface area contributed by atoms with Gasteiger partial charge in [0.05, 0.1) is 6.07 Å². The van der Waals surface area contributed by atoms with Crippen molar-refractivity contribution in [3.05, 3.63) is 11.6 Å². The van der Waals surface area contributed by atoms with E-state index >= 15 is 0 Å². The van der Waals surface area contributed by atoms with E-state index in [1.54, 1.807) is 0 Å². The highest BCUT2D eigenvalue weighted by Gasteiger charge is 2.41. The standard InChI is InChI=1S/C8H9NO2/c1-6-2-3-8(4-6,5-9)7(10)11/h2H,3-4H2,1H3,(H,10,11). The van der Waals surface area contributed by atoms with Gasteiger partial charge in [0.25, 0.3) is 0 Å². The summed E-state index contributed by atoms with van der Waals surface area (Å²) in [5.74, 6) is -1.01. The first-order valence-corrected chi connectivity index (χ1v) is 3.41. The van der Waals surface area contributed by atoms with Crippen molar-refractivity contribution < 1.29 is 9.90 Å². The molecule has 0 aromatic rings. The molecule has 0 amide bonds. The lowest BCUT2D eigenvalue weighted by Gasteiger charge is -2.13. The van der Waals surface area contributed by atoms with Crippen LogP contribution >= 0.6 is 0 Å². The highest BCUT2D eigenvalue weighted by atomic mass is 16.4. The average Bonchev–Trinajstić information content (AvgIpc) is 2.33. The molecule has 3 nitrogen and oxygen atoms in total. The Labute approximate surface area is 64.9 Å². The van der Waals surface area contributed by atoms with Crippen LogP contribution in [0.2, 0.25) is 0 Å². The lowest BCUT2D eigenvalue weighted by atomic mass is 9.86. The summed E-state index contributed by atoms with van der Waals surface area (Å²) in [7, 11) is 0. The Balaban J connectivity index is 2.86. The Hall–Kier alpha value is -1.30. The Morgan fingerprint density at radius 3 is 2.73 bits per heavy atom. The molecule has 0 saturated heterocycles. The summed E-state index contributed by atoms with van der Waals surface area (Å²) in [5, 5.41) is 17.4. The number of carboxylic acid groups (broad SMARTS) is 1. The zero-order valence-corrected chi connectivity index (χ0v) is 6.29. The highest BCUT2D eigenvalue weighted by molar-refractivity contribution is 5.79. The second-order valence-electron chi connectivity index (χ2n) is 2.93. The fourth-order valence-electron chi connectivity index (χ4n) is 1.26. The number of nitrogens with zero attached hydrogens (tertiary/aromatic N) is 1. The van der Waals surface area contributed by atoms with Crippen LogP contribution in [0, 0.1) is 16.7 Å². The Bertz CT molecular complexity index is 262. The predicted molar refractivity (Wildman–Crippen MR) is 38.7 cm³/mol. The molecule has 0 aromatic carbocycles. The highest BCUT2D eigenvalue weighted by Crippen LogP contribution is 2.36. The third-order valence-corrected chi connectivity index (χ3v) is 2.00. The molecule has 1 unspecified atom stereocenters. The van der Waals surface area contributed by atoms with Gasteiger partial charge in [0.2, 0.25) is 0 Å². The second kappa shape index (κ2) is 2.39. The van der Waals surface area contributed by atoms with Gasteiger partial charge in [-0.2, -0.15) is 5.26 Å². The Kier molecular flexibility index (Phi) is 1.69. The van der Waals surface area contributed by atoms with Gasteiger partial charge in [0, 0.05) is 0 Å². The fourth-order valence-corrected chi connectivity index (χ4v) is 1.26. The molecule has 0 bridgehead atoms. The number of carboxylic acids is 1. The number of rotatable bonds is 1. The molecular weight excluding hydrogens is 142 g/mol. The van der Waals surface area contributed by atoms with Crippen molar-refractivity contribution in [2.75, 3.05) is 0 Å². The molecule has 1 atom stereocenters. The maximum absolute atomic E-state index is 10.6. The van der Waals surface area contributed by atoms with Gasteiger partial charge in [-0.3, -0.25) is 4.79 Å². The summed E-state index contributed by atoms with van der Waals surface area (Å²) < 4.78 is 0. The van der Waals surface area contributed by atoms with E-state index in [0.717, 1.165) is 5.57 Å². The molecule has 3 heteroatoms. The lowest BCUT2D eigenvalue weighted by molar-refractivity contribution is -0.145. The van der Waals surface area contributed by atoms with Gasteiger partial charge in [-0.1, -0.05) is 11.6 Å². The lowest BCUT2D eigenvalue weighted by Crippen LogP contribution is -2.26. The smallest absolute Gasteiger partial charge is 0.324 e. The summed E-state index contributed by atoms with van der Waals surface area (Å²) in [6.45, 7) is 1.85. The van der Waals surface area contributed by atoms with Crippen LogP contribution in [0.1, 0.15) is 19.8 Å². The van der Waals surface area contributed by atoms with Gasteiger partial charge in [-0.15, -0.1) is 0 Å². The van der Waals surface area contributed by atoms with Gasteiger partial charge in [0.15, 0.2) is 5.41 Å². The molecule has 58 valence electrons. The van der Waals surface area contributed by atoms with Crippen molar-refractivity contribution in [1.82, 2.24) is 0 Å². The van der Waals surface area contributed by atoms with Gasteiger partial charge in [0.1, 0.15) is 0 Å². The zero-order valence-electron chi connectivity index (χ0n) is 6.29. The van der Waals surface area contributed by atoms with E-state index in [-0.39, 0.29) is 0 Å². The number of hydrogen-bond donors (Lipinski definition) is 1. The topological polar surface area (TPSA) is 61.1 Å². The number of allylic oxidation sites excluding steroid dienone is 2. The number of aliphatic carboxylic acids is 1. The van der Waals surface area contributed by atoms with Crippen molar-refractivity contribution in [2.24, 2.45) is 5.41 Å². The van der Waals surface area contributed by atoms with Gasteiger partial charge >= 0.3 is 5.97 Å². The fraction of sp³-hybridized carbons (Fsp3) is 0.500. The molecule has 1 aliphatic carbocycles. The first kappa shape index (κ1) is 7.80. The summed E-state index contributed by atoms with van der Waals surface area (Å²) in [4.78, 5) is 10.6. The monoisotopic (exact) mass is 151 g/mol. The van der Waals surface area contributed by atoms with E-state index in [9.17, 15) is 4.79 Å². The van der Waals surface area contributed by atoms with Crippen LogP contribution in [0.25, 0.3) is 0 Å². The molecule has 1 aliphatic rings. The van der Waals surface area contributed by atoms with Crippen LogP contribution in [0.5, 0.6) is 0 Å². The largest absolute Gasteiger partial charge is 0.480 e. The number of hydrogen-bond acceptors (Lipinski definition) is 2. The normalized spacial score (nSPS) is 29.3. The average molecular weight is 151 g/mol. The van der Waals surface area contributed by atoms with Crippen molar-refractivity contribution in [1.29, 1.82) is 5.26 Å². The second-order valence-corrected chi connectivity index (χ2v) is 2.93. The number of carbonyl (C=O) groups is 1. The van der Waals surface area contributed by atoms with Crippen LogP contribution in [0.4, 0.5) is 0 Å². The first-order chi connectivity index (χ1) is 5.10. The quantitative estimate of drug-likeness (QED) is 0.575. The molecule has 0 saturated carbocycles. The summed E-state index contributed by atoms with van der Waals surface area (Å²) >= 11 is 0. The Morgan fingerprint density at radius 1 is 1.91 bits per heavy atom. The summed E-state index contributed by atoms with van der Waals surface area (Å²) in [6.07, 6.45) is 2.54. The van der Waals surface area contributed by atoms with E-state index in [4.69, 9.17) is 10.4 Å². The minimum atomic E-state index is -1.16. The molecule has 1 N–H and O–H groups in total. The molecule has 0 spiro atoms. The maximum atomic E-state index is 10.6. The predicted octanol–water partition coefficient (Wildman–Crippen LogP) is 1.32. The van der Waals surface area contributed by atoms with Crippen LogP contribution in [0.15, 0.2) is 11.6 Å². The summed E-state index contributed by atoms with van der Waals surface area (Å²) in [5.41, 5.74) is -0.168. The van der Waals surface area contributed by atoms with Gasteiger partial charge in [-0.05, 0) is 19.8 Å². The van der Waals surface area contributed by atoms with Crippen LogP contribution < -0.4 is 0 Å². The maximum Gasteiger partial charge on any atom is 0.324 e. The third-order valence-electron chi connectivity index (χ3n) is 2.00. The van der Waals surface area contributed by atoms with Crippen LogP contribution in [0.3, 0.4) is 0 Å². The van der Waals surface area contributed by atoms with Crippen molar-refractivity contribution in [2.45, 2.75) is 19.8 Å². The first-order valence-electron chi connectivity index (χ1n) is 3.41. The van der Waals surface area contributed by atoms with Crippen molar-refractivity contribution in [3.63, 3.8) is 0 Å². The zero-order chi connectivity index (χ0) is 8.48. The van der Waals surface area contributed by atoms with E-state index in [1.807, 2.05) is 19.1 Å². The van der Waals surface area contributed by atoms with Crippen molar-refractivity contribution >= 4 is 5.97 Å². The molecule has 0 radical (unpaired) electrons. The minimum absolute atomic E-state index is 0.352. The molecule has 0 fully saturated rings. The van der Waals surface area contributed by atoms with E-state index in [1.165, 1.54) is 0 Å². The van der Waals surface area contributed by atoms with E-state index in [2.05, 4.69) is 0 Å². The summed E-state index contributed by atoms with van der Waals surface area (Å²) in [6, 6.07) is 1.86. The Morgan fingerprint density at radius 2 is 2.55 bits per heavy atom. The molecule has 0 aliphatic heterocycles. The molecule has 0 heterocycles. The SMILES string of the molecule is CC1=CCC(C#N)(C(=O)O)C1. The number of nitriles is 1. The molecular formula is C8H9NO2. The van der Waals surface area contributed by atoms with Gasteiger partial charge in [-0.25, -0.2) is 0 Å². The molecule has 11 heavy (non-hydrogen) atoms. The minimum Gasteiger partial charge on any atom is -0.480 e.